The Morgan fingerprint density at radius 3 is 2.50 bits per heavy atom. The number of hydrogen-bond donors (Lipinski definition) is 4. The van der Waals surface area contributed by atoms with Gasteiger partial charge in [-0.05, 0) is 67.0 Å². The molecule has 2 aliphatic heterocycles. The van der Waals surface area contributed by atoms with Gasteiger partial charge in [0.05, 0.1) is 18.6 Å². The number of hydrogen-bond acceptors (Lipinski definition) is 7. The van der Waals surface area contributed by atoms with Crippen molar-refractivity contribution in [3.8, 4) is 5.75 Å². The number of ether oxygens (including phenoxy) is 2. The van der Waals surface area contributed by atoms with Gasteiger partial charge >= 0.3 is 0 Å². The van der Waals surface area contributed by atoms with Gasteiger partial charge in [-0.1, -0.05) is 29.8 Å². The first-order chi connectivity index (χ1) is 16.3. The minimum absolute atomic E-state index is 0.103. The molecule has 1 spiro atoms. The van der Waals surface area contributed by atoms with Gasteiger partial charge in [0, 0.05) is 5.02 Å². The Hall–Kier alpha value is -2.00. The minimum Gasteiger partial charge on any atom is -0.486 e. The van der Waals surface area contributed by atoms with Crippen molar-refractivity contribution in [3.05, 3.63) is 63.7 Å². The normalized spacial score (nSPS) is 30.3. The Balaban J connectivity index is 1.39. The zero-order chi connectivity index (χ0) is 24.0. The third kappa shape index (κ3) is 4.26. The smallest absolute Gasteiger partial charge is 0.170 e. The predicted octanol–water partition coefficient (Wildman–Crippen LogP) is 2.72. The van der Waals surface area contributed by atoms with Crippen molar-refractivity contribution in [1.82, 2.24) is 0 Å². The summed E-state index contributed by atoms with van der Waals surface area (Å²) in [5.41, 5.74) is 2.47. The average molecular weight is 489 g/mol. The van der Waals surface area contributed by atoms with Crippen LogP contribution in [0.5, 0.6) is 5.75 Å². The van der Waals surface area contributed by atoms with Crippen LogP contribution in [0.3, 0.4) is 0 Å². The van der Waals surface area contributed by atoms with Crippen LogP contribution in [-0.4, -0.2) is 62.8 Å². The molecule has 8 heteroatoms. The average Bonchev–Trinajstić information content (AvgIpc) is 3.27. The molecular weight excluding hydrogens is 460 g/mol. The number of fused-ring (bicyclic) bond motifs is 1. The fraction of sp³-hybridized carbons (Fsp3) is 0.500. The van der Waals surface area contributed by atoms with Gasteiger partial charge in [-0.15, -0.1) is 0 Å². The van der Waals surface area contributed by atoms with Crippen LogP contribution in [0.1, 0.15) is 65.3 Å². The number of benzene rings is 2. The van der Waals surface area contributed by atoms with Crippen molar-refractivity contribution in [3.63, 3.8) is 0 Å². The van der Waals surface area contributed by atoms with Gasteiger partial charge < -0.3 is 29.9 Å². The largest absolute Gasteiger partial charge is 0.486 e. The summed E-state index contributed by atoms with van der Waals surface area (Å²) in [4.78, 5) is 12.9. The summed E-state index contributed by atoms with van der Waals surface area (Å²) < 4.78 is 12.0. The van der Waals surface area contributed by atoms with Crippen LogP contribution in [0.4, 0.5) is 0 Å². The molecule has 0 bridgehead atoms. The summed E-state index contributed by atoms with van der Waals surface area (Å²) in [7, 11) is 0. The second-order valence-corrected chi connectivity index (χ2v) is 10.1. The van der Waals surface area contributed by atoms with Crippen LogP contribution in [0.25, 0.3) is 0 Å². The lowest BCUT2D eigenvalue weighted by Crippen LogP contribution is -2.55. The molecule has 2 aromatic rings. The number of carbonyl (C=O) groups excluding carboxylic acids is 1. The van der Waals surface area contributed by atoms with Crippen molar-refractivity contribution in [2.45, 2.75) is 74.6 Å². The maximum Gasteiger partial charge on any atom is 0.170 e. The standard InChI is InChI=1S/C26H29ClO7/c27-18-5-4-15(25-24(32)23(31)22(30)21(13-28)33-25)11-16(18)9-14-3-6-20-17(10-14)19(29)12-26(34-20)7-1-2-8-26/h3-6,10-11,21-25,28,30-32H,1-2,7-9,12-13H2/t21-,22-,23+,24-,25+/m1/s1. The van der Waals surface area contributed by atoms with E-state index in [1.165, 1.54) is 0 Å². The second-order valence-electron chi connectivity index (χ2n) is 9.70. The highest BCUT2D eigenvalue weighted by Gasteiger charge is 2.44. The molecule has 34 heavy (non-hydrogen) atoms. The number of halogens is 1. The zero-order valence-electron chi connectivity index (χ0n) is 18.7. The van der Waals surface area contributed by atoms with Crippen LogP contribution in [0.2, 0.25) is 5.02 Å². The fourth-order valence-electron chi connectivity index (χ4n) is 5.45. The molecule has 0 radical (unpaired) electrons. The summed E-state index contributed by atoms with van der Waals surface area (Å²) in [6.07, 6.45) is -1.30. The first kappa shape index (κ1) is 23.7. The van der Waals surface area contributed by atoms with Crippen LogP contribution in [0.15, 0.2) is 36.4 Å². The molecule has 2 aromatic carbocycles. The fourth-order valence-corrected chi connectivity index (χ4v) is 5.64. The molecule has 2 heterocycles. The Morgan fingerprint density at radius 1 is 1.00 bits per heavy atom. The molecule has 0 amide bonds. The number of Topliss-reactive ketones (excluding diaryl/α,β-unsaturated/α-hetero) is 1. The summed E-state index contributed by atoms with van der Waals surface area (Å²) in [6.45, 7) is -0.492. The van der Waals surface area contributed by atoms with Gasteiger partial charge in [-0.2, -0.15) is 0 Å². The first-order valence-electron chi connectivity index (χ1n) is 11.7. The van der Waals surface area contributed by atoms with Crippen molar-refractivity contribution in [2.75, 3.05) is 6.61 Å². The van der Waals surface area contributed by atoms with Crippen LogP contribution in [0, 0.1) is 0 Å². The quantitative estimate of drug-likeness (QED) is 0.523. The number of aliphatic hydroxyl groups excluding tert-OH is 4. The number of aliphatic hydroxyl groups is 4. The summed E-state index contributed by atoms with van der Waals surface area (Å²) in [5, 5.41) is 40.6. The van der Waals surface area contributed by atoms with Crippen LogP contribution in [-0.2, 0) is 11.2 Å². The molecule has 2 fully saturated rings. The molecule has 5 rings (SSSR count). The van der Waals surface area contributed by atoms with E-state index in [0.29, 0.717) is 34.7 Å². The molecule has 0 aromatic heterocycles. The maximum absolute atomic E-state index is 12.9. The van der Waals surface area contributed by atoms with E-state index >= 15 is 0 Å². The van der Waals surface area contributed by atoms with Gasteiger partial charge in [0.1, 0.15) is 41.9 Å². The lowest BCUT2D eigenvalue weighted by atomic mass is 9.87. The summed E-state index contributed by atoms with van der Waals surface area (Å²) in [5.74, 6) is 0.745. The van der Waals surface area contributed by atoms with E-state index < -0.39 is 37.1 Å². The first-order valence-corrected chi connectivity index (χ1v) is 12.1. The molecule has 4 N–H and O–H groups in total. The van der Waals surface area contributed by atoms with E-state index in [0.717, 1.165) is 36.8 Å². The monoisotopic (exact) mass is 488 g/mol. The Kier molecular flexibility index (Phi) is 6.44. The van der Waals surface area contributed by atoms with E-state index in [4.69, 9.17) is 21.1 Å². The molecular formula is C26H29ClO7. The van der Waals surface area contributed by atoms with Gasteiger partial charge in [0.2, 0.25) is 0 Å². The highest BCUT2D eigenvalue weighted by atomic mass is 35.5. The summed E-state index contributed by atoms with van der Waals surface area (Å²) >= 11 is 6.46. The van der Waals surface area contributed by atoms with E-state index in [1.54, 1.807) is 18.2 Å². The van der Waals surface area contributed by atoms with Crippen LogP contribution < -0.4 is 4.74 Å². The molecule has 3 aliphatic rings. The highest BCUT2D eigenvalue weighted by molar-refractivity contribution is 6.31. The topological polar surface area (TPSA) is 116 Å². The number of carbonyl (C=O) groups is 1. The van der Waals surface area contributed by atoms with E-state index in [2.05, 4.69) is 0 Å². The molecule has 1 saturated heterocycles. The van der Waals surface area contributed by atoms with Crippen LogP contribution >= 0.6 is 11.6 Å². The Morgan fingerprint density at radius 2 is 1.76 bits per heavy atom. The van der Waals surface area contributed by atoms with Crippen molar-refractivity contribution < 1.29 is 34.7 Å². The van der Waals surface area contributed by atoms with Crippen molar-refractivity contribution in [2.24, 2.45) is 0 Å². The molecule has 1 aliphatic carbocycles. The Labute approximate surface area is 202 Å². The minimum atomic E-state index is -1.45. The number of rotatable bonds is 4. The van der Waals surface area contributed by atoms with Crippen molar-refractivity contribution in [1.29, 1.82) is 0 Å². The molecule has 0 unspecified atom stereocenters. The van der Waals surface area contributed by atoms with Gasteiger partial charge in [0.15, 0.2) is 5.78 Å². The SMILES string of the molecule is O=C1CC2(CCCC2)Oc2ccc(Cc3cc([C@@H]4O[C@H](CO)[C@@H](O)[C@H](O)[C@H]4O)ccc3Cl)cc21. The lowest BCUT2D eigenvalue weighted by Gasteiger charge is -2.40. The highest BCUT2D eigenvalue weighted by Crippen LogP contribution is 2.43. The maximum atomic E-state index is 12.9. The molecule has 1 saturated carbocycles. The molecule has 7 nitrogen and oxygen atoms in total. The van der Waals surface area contributed by atoms with Crippen molar-refractivity contribution >= 4 is 17.4 Å². The Bertz CT molecular complexity index is 1080. The lowest BCUT2D eigenvalue weighted by molar-refractivity contribution is -0.231. The summed E-state index contributed by atoms with van der Waals surface area (Å²) in [6, 6.07) is 10.8. The zero-order valence-corrected chi connectivity index (χ0v) is 19.4. The van der Waals surface area contributed by atoms with Gasteiger partial charge in [-0.25, -0.2) is 0 Å². The van der Waals surface area contributed by atoms with Gasteiger partial charge in [-0.3, -0.25) is 4.79 Å². The van der Waals surface area contributed by atoms with E-state index in [-0.39, 0.29) is 11.4 Å². The molecule has 182 valence electrons. The van der Waals surface area contributed by atoms with Gasteiger partial charge in [0.25, 0.3) is 0 Å². The third-order valence-corrected chi connectivity index (χ3v) is 7.72. The second kappa shape index (κ2) is 9.22. The number of ketones is 1. The van der Waals surface area contributed by atoms with E-state index in [1.807, 2.05) is 18.2 Å². The third-order valence-electron chi connectivity index (χ3n) is 7.35. The predicted molar refractivity (Wildman–Crippen MR) is 124 cm³/mol. The van der Waals surface area contributed by atoms with E-state index in [9.17, 15) is 25.2 Å². The molecule has 5 atom stereocenters.